The van der Waals surface area contributed by atoms with Crippen LogP contribution in [0.15, 0.2) is 18.5 Å². The van der Waals surface area contributed by atoms with Gasteiger partial charge < -0.3 is 5.32 Å². The molecule has 0 unspecified atom stereocenters. The molecular weight excluding hydrogens is 235 g/mol. The van der Waals surface area contributed by atoms with E-state index in [1.165, 1.54) is 6.20 Å². The van der Waals surface area contributed by atoms with Gasteiger partial charge >= 0.3 is 0 Å². The van der Waals surface area contributed by atoms with Gasteiger partial charge in [-0.2, -0.15) is 0 Å². The van der Waals surface area contributed by atoms with Crippen molar-refractivity contribution in [2.24, 2.45) is 0 Å². The monoisotopic (exact) mass is 246 g/mol. The van der Waals surface area contributed by atoms with Gasteiger partial charge in [0.25, 0.3) is 5.91 Å². The molecule has 0 aliphatic rings. The quantitative estimate of drug-likeness (QED) is 0.641. The smallest absolute Gasteiger partial charge is 0.252 e. The molecule has 0 saturated carbocycles. The van der Waals surface area contributed by atoms with Crippen molar-refractivity contribution < 1.29 is 4.79 Å². The summed E-state index contributed by atoms with van der Waals surface area (Å²) in [6.45, 7) is 0.615. The molecule has 0 atom stereocenters. The number of nitrogens with zero attached hydrogens (tertiary/aromatic N) is 1. The predicted octanol–water partition coefficient (Wildman–Crippen LogP) is 2.48. The summed E-state index contributed by atoms with van der Waals surface area (Å²) in [4.78, 5) is 15.4. The van der Waals surface area contributed by atoms with Gasteiger partial charge in [0, 0.05) is 24.8 Å². The largest absolute Gasteiger partial charge is 0.352 e. The van der Waals surface area contributed by atoms with Gasteiger partial charge in [0.2, 0.25) is 0 Å². The number of carbonyl (C=O) groups is 1. The molecule has 15 heavy (non-hydrogen) atoms. The van der Waals surface area contributed by atoms with Crippen LogP contribution in [0.1, 0.15) is 23.2 Å². The number of hydrogen-bond acceptors (Lipinski definition) is 2. The van der Waals surface area contributed by atoms with Gasteiger partial charge in [-0.25, -0.2) is 0 Å². The Bertz CT molecular complexity index is 331. The van der Waals surface area contributed by atoms with Crippen molar-refractivity contribution in [3.63, 3.8) is 0 Å². The van der Waals surface area contributed by atoms with E-state index in [4.69, 9.17) is 23.2 Å². The molecule has 0 fully saturated rings. The Morgan fingerprint density at radius 3 is 2.93 bits per heavy atom. The Morgan fingerprint density at radius 2 is 2.27 bits per heavy atom. The van der Waals surface area contributed by atoms with Crippen LogP contribution in [0.4, 0.5) is 0 Å². The highest BCUT2D eigenvalue weighted by molar-refractivity contribution is 6.33. The third kappa shape index (κ3) is 4.06. The molecule has 5 heteroatoms. The number of rotatable bonds is 5. The summed E-state index contributed by atoms with van der Waals surface area (Å²) in [5.74, 6) is 0.447. The molecule has 0 spiro atoms. The van der Waals surface area contributed by atoms with Crippen LogP contribution < -0.4 is 5.32 Å². The fraction of sp³-hybridized carbons (Fsp3) is 0.400. The lowest BCUT2D eigenvalue weighted by molar-refractivity contribution is 0.0953. The molecule has 1 heterocycles. The average molecular weight is 247 g/mol. The Balaban J connectivity index is 2.44. The van der Waals surface area contributed by atoms with E-state index in [0.29, 0.717) is 23.0 Å². The highest BCUT2D eigenvalue weighted by Crippen LogP contribution is 2.12. The summed E-state index contributed by atoms with van der Waals surface area (Å²) < 4.78 is 0. The number of amides is 1. The molecule has 0 saturated heterocycles. The zero-order valence-corrected chi connectivity index (χ0v) is 9.68. The predicted molar refractivity (Wildman–Crippen MR) is 61.5 cm³/mol. The van der Waals surface area contributed by atoms with Crippen molar-refractivity contribution in [3.8, 4) is 0 Å². The van der Waals surface area contributed by atoms with Crippen molar-refractivity contribution >= 4 is 29.1 Å². The third-order valence-corrected chi connectivity index (χ3v) is 2.43. The number of nitrogens with one attached hydrogen (secondary N) is 1. The fourth-order valence-electron chi connectivity index (χ4n) is 1.08. The summed E-state index contributed by atoms with van der Waals surface area (Å²) in [6.07, 6.45) is 4.76. The van der Waals surface area contributed by atoms with Gasteiger partial charge in [-0.1, -0.05) is 11.6 Å². The van der Waals surface area contributed by atoms with E-state index in [0.717, 1.165) is 12.8 Å². The van der Waals surface area contributed by atoms with Gasteiger partial charge in [-0.15, -0.1) is 11.6 Å². The van der Waals surface area contributed by atoms with E-state index in [1.54, 1.807) is 12.3 Å². The standard InChI is InChI=1S/C10H12Cl2N2O/c11-4-1-2-5-14-10(15)8-3-6-13-7-9(8)12/h3,6-7H,1-2,4-5H2,(H,14,15). The Hall–Kier alpha value is -0.800. The maximum absolute atomic E-state index is 11.6. The van der Waals surface area contributed by atoms with Gasteiger partial charge in [0.15, 0.2) is 0 Å². The summed E-state index contributed by atoms with van der Waals surface area (Å²) in [6, 6.07) is 1.60. The second kappa shape index (κ2) is 6.64. The lowest BCUT2D eigenvalue weighted by atomic mass is 10.2. The molecule has 0 aliphatic heterocycles. The average Bonchev–Trinajstić information content (AvgIpc) is 2.25. The van der Waals surface area contributed by atoms with E-state index >= 15 is 0 Å². The Labute approximate surface area is 98.8 Å². The highest BCUT2D eigenvalue weighted by Gasteiger charge is 2.08. The first-order chi connectivity index (χ1) is 7.25. The van der Waals surface area contributed by atoms with Crippen LogP contribution in [0.2, 0.25) is 5.02 Å². The number of pyridine rings is 1. The van der Waals surface area contributed by atoms with Crippen LogP contribution in [0.5, 0.6) is 0 Å². The van der Waals surface area contributed by atoms with Gasteiger partial charge in [-0.05, 0) is 18.9 Å². The number of carbonyl (C=O) groups excluding carboxylic acids is 1. The van der Waals surface area contributed by atoms with Crippen LogP contribution in [0.3, 0.4) is 0 Å². The van der Waals surface area contributed by atoms with Crippen molar-refractivity contribution in [1.82, 2.24) is 10.3 Å². The highest BCUT2D eigenvalue weighted by atomic mass is 35.5. The van der Waals surface area contributed by atoms with Crippen LogP contribution in [0, 0.1) is 0 Å². The zero-order chi connectivity index (χ0) is 11.1. The summed E-state index contributed by atoms with van der Waals surface area (Å²) >= 11 is 11.3. The molecule has 0 bridgehead atoms. The van der Waals surface area contributed by atoms with Gasteiger partial charge in [0.05, 0.1) is 10.6 Å². The maximum Gasteiger partial charge on any atom is 0.252 e. The first-order valence-corrected chi connectivity index (χ1v) is 5.60. The maximum atomic E-state index is 11.6. The van der Waals surface area contributed by atoms with E-state index in [1.807, 2.05) is 0 Å². The lowest BCUT2D eigenvalue weighted by Gasteiger charge is -2.05. The number of halogens is 2. The molecule has 82 valence electrons. The van der Waals surface area contributed by atoms with Crippen LogP contribution in [-0.2, 0) is 0 Å². The summed E-state index contributed by atoms with van der Waals surface area (Å²) in [5.41, 5.74) is 0.456. The number of hydrogen-bond donors (Lipinski definition) is 1. The van der Waals surface area contributed by atoms with Crippen molar-refractivity contribution in [1.29, 1.82) is 0 Å². The second-order valence-electron chi connectivity index (χ2n) is 3.01. The number of unbranched alkanes of at least 4 members (excludes halogenated alkanes) is 1. The van der Waals surface area contributed by atoms with Crippen LogP contribution >= 0.6 is 23.2 Å². The normalized spacial score (nSPS) is 10.0. The van der Waals surface area contributed by atoms with E-state index in [9.17, 15) is 4.79 Å². The molecule has 1 amide bonds. The number of aromatic nitrogens is 1. The Morgan fingerprint density at radius 1 is 1.47 bits per heavy atom. The molecule has 1 aromatic heterocycles. The van der Waals surface area contributed by atoms with Crippen molar-refractivity contribution in [2.45, 2.75) is 12.8 Å². The van der Waals surface area contributed by atoms with Crippen molar-refractivity contribution in [2.75, 3.05) is 12.4 Å². The van der Waals surface area contributed by atoms with Crippen molar-refractivity contribution in [3.05, 3.63) is 29.0 Å². The van der Waals surface area contributed by atoms with E-state index in [-0.39, 0.29) is 5.91 Å². The minimum absolute atomic E-state index is 0.169. The van der Waals surface area contributed by atoms with E-state index < -0.39 is 0 Å². The lowest BCUT2D eigenvalue weighted by Crippen LogP contribution is -2.24. The van der Waals surface area contributed by atoms with E-state index in [2.05, 4.69) is 10.3 Å². The second-order valence-corrected chi connectivity index (χ2v) is 3.79. The van der Waals surface area contributed by atoms with Crippen LogP contribution in [0.25, 0.3) is 0 Å². The molecule has 3 nitrogen and oxygen atoms in total. The molecule has 1 rings (SSSR count). The zero-order valence-electron chi connectivity index (χ0n) is 8.17. The number of alkyl halides is 1. The first kappa shape index (κ1) is 12.3. The van der Waals surface area contributed by atoms with Crippen LogP contribution in [-0.4, -0.2) is 23.3 Å². The SMILES string of the molecule is O=C(NCCCCCl)c1ccncc1Cl. The Kier molecular flexibility index (Phi) is 5.43. The summed E-state index contributed by atoms with van der Waals surface area (Å²) in [7, 11) is 0. The van der Waals surface area contributed by atoms with Gasteiger partial charge in [-0.3, -0.25) is 9.78 Å². The molecule has 1 aromatic rings. The molecule has 0 aromatic carbocycles. The molecule has 0 radical (unpaired) electrons. The minimum atomic E-state index is -0.169. The molecule has 1 N–H and O–H groups in total. The fourth-order valence-corrected chi connectivity index (χ4v) is 1.47. The third-order valence-electron chi connectivity index (χ3n) is 1.86. The topological polar surface area (TPSA) is 42.0 Å². The summed E-state index contributed by atoms with van der Waals surface area (Å²) in [5, 5.41) is 3.13. The van der Waals surface area contributed by atoms with Gasteiger partial charge in [0.1, 0.15) is 0 Å². The first-order valence-electron chi connectivity index (χ1n) is 4.69. The molecular formula is C10H12Cl2N2O. The molecule has 0 aliphatic carbocycles. The minimum Gasteiger partial charge on any atom is -0.352 e.